The zero-order valence-electron chi connectivity index (χ0n) is 10.4. The van der Waals surface area contributed by atoms with Gasteiger partial charge in [0.2, 0.25) is 0 Å². The molecule has 0 saturated carbocycles. The number of aromatic nitrogens is 2. The third-order valence-electron chi connectivity index (χ3n) is 2.87. The smallest absolute Gasteiger partial charge is 0.307 e. The van der Waals surface area contributed by atoms with Crippen LogP contribution in [0.15, 0.2) is 27.8 Å². The summed E-state index contributed by atoms with van der Waals surface area (Å²) < 4.78 is 1.23. The maximum Gasteiger partial charge on any atom is 0.328 e. The first-order chi connectivity index (χ1) is 8.49. The third-order valence-corrected chi connectivity index (χ3v) is 3.11. The number of aromatic amines is 1. The first kappa shape index (κ1) is 12.9. The molecule has 0 atom stereocenters. The van der Waals surface area contributed by atoms with Gasteiger partial charge in [0.25, 0.3) is 5.56 Å². The van der Waals surface area contributed by atoms with Gasteiger partial charge >= 0.3 is 5.69 Å². The Hall–Kier alpha value is -1.55. The van der Waals surface area contributed by atoms with Gasteiger partial charge in [-0.1, -0.05) is 25.4 Å². The van der Waals surface area contributed by atoms with Crippen LogP contribution >= 0.6 is 11.6 Å². The lowest BCUT2D eigenvalue weighted by atomic mass is 10.1. The van der Waals surface area contributed by atoms with Gasteiger partial charge in [-0.05, 0) is 30.5 Å². The van der Waals surface area contributed by atoms with E-state index in [1.807, 2.05) is 0 Å². The predicted molar refractivity (Wildman–Crippen MR) is 73.3 cm³/mol. The van der Waals surface area contributed by atoms with Crippen LogP contribution in [0.1, 0.15) is 20.3 Å². The molecule has 5 heteroatoms. The Morgan fingerprint density at radius 3 is 2.72 bits per heavy atom. The Morgan fingerprint density at radius 2 is 2.06 bits per heavy atom. The Labute approximate surface area is 109 Å². The number of fused-ring (bicyclic) bond motifs is 1. The van der Waals surface area contributed by atoms with Crippen molar-refractivity contribution in [1.82, 2.24) is 9.55 Å². The molecule has 0 saturated heterocycles. The molecule has 0 amide bonds. The van der Waals surface area contributed by atoms with E-state index in [-0.39, 0.29) is 11.2 Å². The number of hydrogen-bond acceptors (Lipinski definition) is 2. The minimum Gasteiger partial charge on any atom is -0.307 e. The Bertz CT molecular complexity index is 685. The molecule has 2 aromatic rings. The van der Waals surface area contributed by atoms with E-state index >= 15 is 0 Å². The normalized spacial score (nSPS) is 11.3. The summed E-state index contributed by atoms with van der Waals surface area (Å²) in [7, 11) is 0. The number of halogens is 1. The molecule has 1 aromatic heterocycles. The van der Waals surface area contributed by atoms with Crippen LogP contribution in [0.3, 0.4) is 0 Å². The molecule has 0 radical (unpaired) electrons. The summed E-state index contributed by atoms with van der Waals surface area (Å²) in [6.07, 6.45) is 0.787. The number of nitrogens with one attached hydrogen (secondary N) is 1. The molecule has 0 unspecified atom stereocenters. The molecule has 0 spiro atoms. The molecule has 0 aliphatic rings. The summed E-state index contributed by atoms with van der Waals surface area (Å²) in [4.78, 5) is 26.7. The highest BCUT2D eigenvalue weighted by Gasteiger charge is 2.08. The topological polar surface area (TPSA) is 54.9 Å². The number of rotatable bonds is 3. The van der Waals surface area contributed by atoms with E-state index < -0.39 is 0 Å². The summed E-state index contributed by atoms with van der Waals surface area (Å²) in [5, 5.41) is 0.938. The largest absolute Gasteiger partial charge is 0.328 e. The van der Waals surface area contributed by atoms with E-state index in [1.165, 1.54) is 4.57 Å². The van der Waals surface area contributed by atoms with Gasteiger partial charge in [-0.25, -0.2) is 4.79 Å². The molecule has 4 nitrogen and oxygen atoms in total. The van der Waals surface area contributed by atoms with Gasteiger partial charge in [-0.15, -0.1) is 0 Å². The second-order valence-corrected chi connectivity index (χ2v) is 5.20. The monoisotopic (exact) mass is 266 g/mol. The Balaban J connectivity index is 2.60. The minimum absolute atomic E-state index is 0.281. The van der Waals surface area contributed by atoms with Crippen LogP contribution in [0.5, 0.6) is 0 Å². The first-order valence-electron chi connectivity index (χ1n) is 5.91. The van der Waals surface area contributed by atoms with Crippen molar-refractivity contribution in [2.75, 3.05) is 0 Å². The Morgan fingerprint density at radius 1 is 1.33 bits per heavy atom. The van der Waals surface area contributed by atoms with Gasteiger partial charge in [0.1, 0.15) is 0 Å². The van der Waals surface area contributed by atoms with Crippen LogP contribution < -0.4 is 11.2 Å². The standard InChI is InChI=1S/C13H15ClN2O2/c1-8(2)5-6-16-12(17)10-7-9(14)3-4-11(10)15-13(16)18/h3-4,7-8H,5-6H2,1-2H3,(H,15,18). The summed E-state index contributed by atoms with van der Waals surface area (Å²) >= 11 is 5.87. The fourth-order valence-corrected chi connectivity index (χ4v) is 1.99. The highest BCUT2D eigenvalue weighted by Crippen LogP contribution is 2.13. The number of nitrogens with zero attached hydrogens (tertiary/aromatic N) is 1. The number of hydrogen-bond donors (Lipinski definition) is 1. The SMILES string of the molecule is CC(C)CCn1c(=O)[nH]c2ccc(Cl)cc2c1=O. The minimum atomic E-state index is -0.365. The fraction of sp³-hybridized carbons (Fsp3) is 0.385. The van der Waals surface area contributed by atoms with Gasteiger partial charge in [0.15, 0.2) is 0 Å². The second-order valence-electron chi connectivity index (χ2n) is 4.76. The summed E-state index contributed by atoms with van der Waals surface area (Å²) in [5.41, 5.74) is -0.123. The molecule has 1 heterocycles. The molecule has 1 aromatic carbocycles. The van der Waals surface area contributed by atoms with E-state index in [1.54, 1.807) is 18.2 Å². The van der Waals surface area contributed by atoms with E-state index in [0.29, 0.717) is 28.4 Å². The van der Waals surface area contributed by atoms with Gasteiger partial charge in [0, 0.05) is 11.6 Å². The lowest BCUT2D eigenvalue weighted by Crippen LogP contribution is -2.35. The summed E-state index contributed by atoms with van der Waals surface area (Å²) in [6.45, 7) is 4.53. The van der Waals surface area contributed by atoms with Crippen LogP contribution in [-0.4, -0.2) is 9.55 Å². The molecule has 96 valence electrons. The van der Waals surface area contributed by atoms with Crippen molar-refractivity contribution < 1.29 is 0 Å². The molecule has 0 aliphatic carbocycles. The number of benzene rings is 1. The summed E-state index contributed by atoms with van der Waals surface area (Å²) in [5.74, 6) is 0.436. The molecule has 18 heavy (non-hydrogen) atoms. The molecule has 1 N–H and O–H groups in total. The Kier molecular flexibility index (Phi) is 3.57. The fourth-order valence-electron chi connectivity index (χ4n) is 1.81. The lowest BCUT2D eigenvalue weighted by molar-refractivity contribution is 0.497. The van der Waals surface area contributed by atoms with Crippen LogP contribution in [0.2, 0.25) is 5.02 Å². The third kappa shape index (κ3) is 2.48. The highest BCUT2D eigenvalue weighted by molar-refractivity contribution is 6.31. The first-order valence-corrected chi connectivity index (χ1v) is 6.29. The van der Waals surface area contributed by atoms with Crippen molar-refractivity contribution in [3.63, 3.8) is 0 Å². The van der Waals surface area contributed by atoms with Crippen molar-refractivity contribution in [3.8, 4) is 0 Å². The maximum absolute atomic E-state index is 12.2. The lowest BCUT2D eigenvalue weighted by Gasteiger charge is -2.08. The van der Waals surface area contributed by atoms with E-state index in [2.05, 4.69) is 18.8 Å². The van der Waals surface area contributed by atoms with Gasteiger partial charge in [-0.2, -0.15) is 0 Å². The van der Waals surface area contributed by atoms with Crippen molar-refractivity contribution in [1.29, 1.82) is 0 Å². The maximum atomic E-state index is 12.2. The average molecular weight is 267 g/mol. The second kappa shape index (κ2) is 4.98. The van der Waals surface area contributed by atoms with Gasteiger partial charge in [-0.3, -0.25) is 9.36 Å². The van der Waals surface area contributed by atoms with E-state index in [4.69, 9.17) is 11.6 Å². The molecule has 2 rings (SSSR count). The van der Waals surface area contributed by atoms with Gasteiger partial charge in [0.05, 0.1) is 10.9 Å². The zero-order valence-corrected chi connectivity index (χ0v) is 11.1. The molecule has 0 fully saturated rings. The average Bonchev–Trinajstić information content (AvgIpc) is 2.30. The van der Waals surface area contributed by atoms with Crippen molar-refractivity contribution in [2.45, 2.75) is 26.8 Å². The summed E-state index contributed by atoms with van der Waals surface area (Å²) in [6, 6.07) is 4.88. The van der Waals surface area contributed by atoms with E-state index in [0.717, 1.165) is 6.42 Å². The van der Waals surface area contributed by atoms with E-state index in [9.17, 15) is 9.59 Å². The molecular weight excluding hydrogens is 252 g/mol. The van der Waals surface area contributed by atoms with Crippen LogP contribution in [0.25, 0.3) is 10.9 Å². The van der Waals surface area contributed by atoms with Crippen molar-refractivity contribution in [2.24, 2.45) is 5.92 Å². The van der Waals surface area contributed by atoms with Crippen molar-refractivity contribution in [3.05, 3.63) is 44.1 Å². The highest BCUT2D eigenvalue weighted by atomic mass is 35.5. The zero-order chi connectivity index (χ0) is 13.3. The van der Waals surface area contributed by atoms with Crippen LogP contribution in [0, 0.1) is 5.92 Å². The predicted octanol–water partition coefficient (Wildman–Crippen LogP) is 2.39. The number of H-pyrrole nitrogens is 1. The van der Waals surface area contributed by atoms with Crippen LogP contribution in [-0.2, 0) is 6.54 Å². The quantitative estimate of drug-likeness (QED) is 0.927. The molecule has 0 bridgehead atoms. The van der Waals surface area contributed by atoms with Gasteiger partial charge < -0.3 is 4.98 Å². The van der Waals surface area contributed by atoms with Crippen molar-refractivity contribution >= 4 is 22.5 Å². The van der Waals surface area contributed by atoms with Crippen LogP contribution in [0.4, 0.5) is 0 Å². The molecular formula is C13H15ClN2O2. The molecule has 0 aliphatic heterocycles.